The van der Waals surface area contributed by atoms with Gasteiger partial charge in [-0.25, -0.2) is 4.90 Å². The van der Waals surface area contributed by atoms with E-state index in [-0.39, 0.29) is 30.3 Å². The predicted molar refractivity (Wildman–Crippen MR) is 122 cm³/mol. The molecule has 2 aromatic rings. The lowest BCUT2D eigenvalue weighted by atomic mass is 10.1. The van der Waals surface area contributed by atoms with Crippen LogP contribution >= 0.6 is 0 Å². The van der Waals surface area contributed by atoms with Gasteiger partial charge in [0, 0.05) is 30.8 Å². The van der Waals surface area contributed by atoms with Crippen LogP contribution in [0.2, 0.25) is 0 Å². The van der Waals surface area contributed by atoms with Crippen molar-refractivity contribution in [3.05, 3.63) is 64.2 Å². The van der Waals surface area contributed by atoms with Gasteiger partial charge in [-0.15, -0.1) is 0 Å². The fraction of sp³-hybridized carbons (Fsp3) is 0.375. The molecule has 2 heterocycles. The van der Waals surface area contributed by atoms with E-state index in [0.717, 1.165) is 17.7 Å². The zero-order chi connectivity index (χ0) is 24.2. The van der Waals surface area contributed by atoms with Crippen molar-refractivity contribution in [3.63, 3.8) is 0 Å². The van der Waals surface area contributed by atoms with Gasteiger partial charge >= 0.3 is 0 Å². The molecule has 0 aliphatic carbocycles. The molecule has 2 aliphatic heterocycles. The van der Waals surface area contributed by atoms with Crippen LogP contribution in [0.25, 0.3) is 0 Å². The van der Waals surface area contributed by atoms with Crippen molar-refractivity contribution in [2.45, 2.75) is 38.3 Å². The average Bonchev–Trinajstić information content (AvgIpc) is 3.45. The summed E-state index contributed by atoms with van der Waals surface area (Å²) in [6.07, 6.45) is 1.18. The number of nitro benzene ring substituents is 1. The first-order valence-corrected chi connectivity index (χ1v) is 11.2. The number of rotatable bonds is 8. The van der Waals surface area contributed by atoms with E-state index in [1.807, 2.05) is 6.92 Å². The number of anilines is 1. The zero-order valence-electron chi connectivity index (χ0n) is 18.7. The van der Waals surface area contributed by atoms with E-state index in [1.54, 1.807) is 24.3 Å². The van der Waals surface area contributed by atoms with Crippen molar-refractivity contribution in [1.29, 1.82) is 0 Å². The lowest BCUT2D eigenvalue weighted by molar-refractivity contribution is -0.384. The molecule has 4 rings (SSSR count). The van der Waals surface area contributed by atoms with Gasteiger partial charge in [-0.05, 0) is 56.2 Å². The molecule has 2 atom stereocenters. The molecule has 2 unspecified atom stereocenters. The summed E-state index contributed by atoms with van der Waals surface area (Å²) in [6, 6.07) is 10.8. The highest BCUT2D eigenvalue weighted by atomic mass is 16.6. The Morgan fingerprint density at radius 2 is 1.88 bits per heavy atom. The van der Waals surface area contributed by atoms with Crippen molar-refractivity contribution < 1.29 is 28.8 Å². The van der Waals surface area contributed by atoms with E-state index >= 15 is 0 Å². The van der Waals surface area contributed by atoms with Crippen molar-refractivity contribution >= 4 is 29.1 Å². The Morgan fingerprint density at radius 1 is 1.18 bits per heavy atom. The maximum Gasteiger partial charge on any atom is 0.269 e. The summed E-state index contributed by atoms with van der Waals surface area (Å²) in [4.78, 5) is 52.5. The number of ether oxygens (including phenoxy) is 2. The molecule has 2 saturated heterocycles. The molecule has 178 valence electrons. The minimum absolute atomic E-state index is 0.143. The van der Waals surface area contributed by atoms with Gasteiger partial charge in [0.15, 0.2) is 0 Å². The Hall–Kier alpha value is -3.79. The number of non-ortho nitro benzene ring substituents is 1. The number of hydrogen-bond donors (Lipinski definition) is 0. The van der Waals surface area contributed by atoms with Crippen molar-refractivity contribution in [1.82, 2.24) is 4.90 Å². The van der Waals surface area contributed by atoms with Crippen LogP contribution in [0.4, 0.5) is 11.4 Å². The number of amides is 3. The fourth-order valence-electron chi connectivity index (χ4n) is 4.24. The largest absolute Gasteiger partial charge is 0.494 e. The molecular formula is C24H25N3O7. The molecule has 0 N–H and O–H groups in total. The minimum atomic E-state index is -0.994. The van der Waals surface area contributed by atoms with Gasteiger partial charge in [-0.1, -0.05) is 0 Å². The Bertz CT molecular complexity index is 1080. The van der Waals surface area contributed by atoms with Gasteiger partial charge in [-0.2, -0.15) is 0 Å². The first-order valence-electron chi connectivity index (χ1n) is 11.2. The fourth-order valence-corrected chi connectivity index (χ4v) is 4.24. The summed E-state index contributed by atoms with van der Waals surface area (Å²) < 4.78 is 11.1. The number of carbonyl (C=O) groups excluding carboxylic acids is 3. The van der Waals surface area contributed by atoms with Crippen LogP contribution in [-0.4, -0.2) is 59.4 Å². The molecule has 0 spiro atoms. The van der Waals surface area contributed by atoms with Crippen molar-refractivity contribution in [3.8, 4) is 5.75 Å². The molecule has 0 bridgehead atoms. The molecule has 2 fully saturated rings. The Kier molecular flexibility index (Phi) is 6.87. The third kappa shape index (κ3) is 4.76. The van der Waals surface area contributed by atoms with Crippen molar-refractivity contribution in [2.75, 3.05) is 24.7 Å². The second kappa shape index (κ2) is 10.0. The number of hydrogen-bond acceptors (Lipinski definition) is 7. The first kappa shape index (κ1) is 23.4. The van der Waals surface area contributed by atoms with Gasteiger partial charge in [0.2, 0.25) is 5.91 Å². The quantitative estimate of drug-likeness (QED) is 0.333. The monoisotopic (exact) mass is 467 g/mol. The third-order valence-electron chi connectivity index (χ3n) is 5.92. The number of carbonyl (C=O) groups is 3. The lowest BCUT2D eigenvalue weighted by Gasteiger charge is -2.30. The number of nitro groups is 1. The van der Waals surface area contributed by atoms with Crippen LogP contribution in [0, 0.1) is 10.1 Å². The highest BCUT2D eigenvalue weighted by Crippen LogP contribution is 2.29. The number of imide groups is 1. The Morgan fingerprint density at radius 3 is 2.47 bits per heavy atom. The molecular weight excluding hydrogens is 442 g/mol. The summed E-state index contributed by atoms with van der Waals surface area (Å²) in [5.41, 5.74) is 0.459. The van der Waals surface area contributed by atoms with E-state index in [0.29, 0.717) is 24.7 Å². The van der Waals surface area contributed by atoms with Crippen molar-refractivity contribution in [2.24, 2.45) is 0 Å². The number of benzene rings is 2. The molecule has 0 radical (unpaired) electrons. The SMILES string of the molecule is CCOc1ccc(N2C(=O)CC(N(CC3CCCO3)C(=O)c3ccc([N+](=O)[O-])cc3)C2=O)cc1. The van der Waals surface area contributed by atoms with Crippen LogP contribution < -0.4 is 9.64 Å². The van der Waals surface area contributed by atoms with Gasteiger partial charge < -0.3 is 14.4 Å². The third-order valence-corrected chi connectivity index (χ3v) is 5.92. The first-order chi connectivity index (χ1) is 16.4. The topological polar surface area (TPSA) is 119 Å². The molecule has 2 aromatic carbocycles. The van der Waals surface area contributed by atoms with E-state index in [9.17, 15) is 24.5 Å². The standard InChI is InChI=1S/C24H25N3O7/c1-2-33-19-11-9-17(10-12-19)26-22(28)14-21(24(26)30)25(15-20-4-3-13-34-20)23(29)16-5-7-18(8-6-16)27(31)32/h5-12,20-21H,2-4,13-15H2,1H3. The summed E-state index contributed by atoms with van der Waals surface area (Å²) in [5.74, 6) is -0.768. The molecule has 10 heteroatoms. The molecule has 2 aliphatic rings. The predicted octanol–water partition coefficient (Wildman–Crippen LogP) is 2.95. The average molecular weight is 467 g/mol. The summed E-state index contributed by atoms with van der Waals surface area (Å²) >= 11 is 0. The number of nitrogens with zero attached hydrogens (tertiary/aromatic N) is 3. The maximum atomic E-state index is 13.4. The van der Waals surface area contributed by atoms with Gasteiger partial charge in [0.25, 0.3) is 17.5 Å². The highest BCUT2D eigenvalue weighted by molar-refractivity contribution is 6.23. The highest BCUT2D eigenvalue weighted by Gasteiger charge is 2.45. The minimum Gasteiger partial charge on any atom is -0.494 e. The molecule has 0 saturated carbocycles. The summed E-state index contributed by atoms with van der Waals surface area (Å²) in [7, 11) is 0. The molecule has 34 heavy (non-hydrogen) atoms. The van der Waals surface area contributed by atoms with Crippen LogP contribution in [0.3, 0.4) is 0 Å². The van der Waals surface area contributed by atoms with Gasteiger partial charge in [-0.3, -0.25) is 24.5 Å². The lowest BCUT2D eigenvalue weighted by Crippen LogP contribution is -2.48. The van der Waals surface area contributed by atoms with E-state index < -0.39 is 28.7 Å². The summed E-state index contributed by atoms with van der Waals surface area (Å²) in [5, 5.41) is 11.0. The smallest absolute Gasteiger partial charge is 0.269 e. The molecule has 3 amide bonds. The summed E-state index contributed by atoms with van der Waals surface area (Å²) in [6.45, 7) is 3.07. The van der Waals surface area contributed by atoms with Crippen LogP contribution in [0.15, 0.2) is 48.5 Å². The van der Waals surface area contributed by atoms with Crippen LogP contribution in [-0.2, 0) is 14.3 Å². The van der Waals surface area contributed by atoms with E-state index in [2.05, 4.69) is 0 Å². The molecule has 0 aromatic heterocycles. The zero-order valence-corrected chi connectivity index (χ0v) is 18.7. The molecule has 10 nitrogen and oxygen atoms in total. The second-order valence-corrected chi connectivity index (χ2v) is 8.11. The van der Waals surface area contributed by atoms with Gasteiger partial charge in [0.1, 0.15) is 11.8 Å². The van der Waals surface area contributed by atoms with E-state index in [1.165, 1.54) is 29.2 Å². The van der Waals surface area contributed by atoms with Crippen LogP contribution in [0.5, 0.6) is 5.75 Å². The van der Waals surface area contributed by atoms with E-state index in [4.69, 9.17) is 9.47 Å². The van der Waals surface area contributed by atoms with Crippen LogP contribution in [0.1, 0.15) is 36.5 Å². The maximum absolute atomic E-state index is 13.4. The normalized spacial score (nSPS) is 20.0. The second-order valence-electron chi connectivity index (χ2n) is 8.11. The van der Waals surface area contributed by atoms with Gasteiger partial charge in [0.05, 0.1) is 29.7 Å². The Balaban J connectivity index is 1.60. The Labute approximate surface area is 196 Å².